The average Bonchev–Trinajstić information content (AvgIpc) is 3.03. The van der Waals surface area contributed by atoms with Gasteiger partial charge in [-0.3, -0.25) is 15.1 Å². The number of hydrogen-bond acceptors (Lipinski definition) is 5. The minimum atomic E-state index is -0.301. The summed E-state index contributed by atoms with van der Waals surface area (Å²) in [6.45, 7) is 0. The van der Waals surface area contributed by atoms with E-state index in [9.17, 15) is 9.18 Å². The second kappa shape index (κ2) is 7.56. The number of benzene rings is 1. The van der Waals surface area contributed by atoms with Crippen LogP contribution in [0.4, 0.5) is 9.52 Å². The molecule has 0 saturated heterocycles. The van der Waals surface area contributed by atoms with Gasteiger partial charge in [-0.15, -0.1) is 10.2 Å². The number of aromatic nitrogens is 3. The predicted molar refractivity (Wildman–Crippen MR) is 91.0 cm³/mol. The summed E-state index contributed by atoms with van der Waals surface area (Å²) >= 11 is 1.28. The highest BCUT2D eigenvalue weighted by Gasteiger charge is 2.07. The third kappa shape index (κ3) is 4.53. The van der Waals surface area contributed by atoms with E-state index in [0.717, 1.165) is 10.6 Å². The first-order chi connectivity index (χ1) is 11.7. The molecule has 1 aromatic carbocycles. The Morgan fingerprint density at radius 2 is 2.00 bits per heavy atom. The van der Waals surface area contributed by atoms with Crippen LogP contribution in [0.2, 0.25) is 0 Å². The second-order valence-electron chi connectivity index (χ2n) is 4.88. The molecule has 5 nitrogen and oxygen atoms in total. The van der Waals surface area contributed by atoms with Gasteiger partial charge in [-0.2, -0.15) is 0 Å². The molecule has 3 rings (SSSR count). The van der Waals surface area contributed by atoms with Crippen molar-refractivity contribution in [3.63, 3.8) is 0 Å². The average molecular weight is 340 g/mol. The minimum absolute atomic E-state index is 0.274. The number of pyridine rings is 1. The maximum Gasteiger partial charge on any atom is 0.250 e. The van der Waals surface area contributed by atoms with Crippen LogP contribution in [0, 0.1) is 5.82 Å². The Kier molecular flexibility index (Phi) is 5.02. The number of nitrogens with one attached hydrogen (secondary N) is 1. The van der Waals surface area contributed by atoms with Crippen LogP contribution in [0.3, 0.4) is 0 Å². The van der Waals surface area contributed by atoms with Crippen LogP contribution in [0.25, 0.3) is 6.08 Å². The molecule has 3 aromatic rings. The van der Waals surface area contributed by atoms with Crippen molar-refractivity contribution in [2.75, 3.05) is 5.32 Å². The molecule has 0 aliphatic carbocycles. The summed E-state index contributed by atoms with van der Waals surface area (Å²) in [5.74, 6) is -0.575. The quantitative estimate of drug-likeness (QED) is 0.724. The van der Waals surface area contributed by atoms with Gasteiger partial charge < -0.3 is 0 Å². The molecule has 0 bridgehead atoms. The van der Waals surface area contributed by atoms with E-state index in [1.165, 1.54) is 29.5 Å². The monoisotopic (exact) mass is 340 g/mol. The Morgan fingerprint density at radius 3 is 2.75 bits per heavy atom. The summed E-state index contributed by atoms with van der Waals surface area (Å²) in [5, 5.41) is 11.8. The summed E-state index contributed by atoms with van der Waals surface area (Å²) in [6.07, 6.45) is 5.21. The molecule has 0 aliphatic rings. The normalized spacial score (nSPS) is 10.9. The maximum atomic E-state index is 12.9. The largest absolute Gasteiger partial charge is 0.297 e. The van der Waals surface area contributed by atoms with Gasteiger partial charge in [0.25, 0.3) is 0 Å². The van der Waals surface area contributed by atoms with Crippen molar-refractivity contribution in [2.24, 2.45) is 0 Å². The zero-order valence-electron chi connectivity index (χ0n) is 12.5. The number of amides is 1. The molecule has 2 heterocycles. The molecule has 0 atom stereocenters. The zero-order chi connectivity index (χ0) is 16.8. The molecule has 1 N–H and O–H groups in total. The summed E-state index contributed by atoms with van der Waals surface area (Å²) < 4.78 is 12.9. The van der Waals surface area contributed by atoms with Crippen molar-refractivity contribution >= 4 is 28.5 Å². The molecule has 0 spiro atoms. The van der Waals surface area contributed by atoms with E-state index in [1.807, 2.05) is 6.07 Å². The number of carbonyl (C=O) groups excluding carboxylic acids is 1. The first-order valence-electron chi connectivity index (χ1n) is 7.16. The van der Waals surface area contributed by atoms with Gasteiger partial charge in [-0.25, -0.2) is 4.39 Å². The number of rotatable bonds is 5. The fraction of sp³-hybridized carbons (Fsp3) is 0.0588. The lowest BCUT2D eigenvalue weighted by Crippen LogP contribution is -2.07. The molecule has 0 aliphatic heterocycles. The predicted octanol–water partition coefficient (Wildman–Crippen LogP) is 3.31. The van der Waals surface area contributed by atoms with E-state index >= 15 is 0 Å². The lowest BCUT2D eigenvalue weighted by Gasteiger charge is -1.96. The van der Waals surface area contributed by atoms with Gasteiger partial charge in [0.15, 0.2) is 0 Å². The summed E-state index contributed by atoms with van der Waals surface area (Å²) in [4.78, 5) is 16.0. The second-order valence-corrected chi connectivity index (χ2v) is 5.94. The number of carbonyl (C=O) groups is 1. The van der Waals surface area contributed by atoms with Gasteiger partial charge >= 0.3 is 0 Å². The molecule has 24 heavy (non-hydrogen) atoms. The fourth-order valence-corrected chi connectivity index (χ4v) is 2.71. The third-order valence-corrected chi connectivity index (χ3v) is 3.90. The minimum Gasteiger partial charge on any atom is -0.297 e. The first-order valence-corrected chi connectivity index (χ1v) is 7.97. The summed E-state index contributed by atoms with van der Waals surface area (Å²) in [5.41, 5.74) is 1.63. The van der Waals surface area contributed by atoms with Crippen LogP contribution in [0.5, 0.6) is 0 Å². The fourth-order valence-electron chi connectivity index (χ4n) is 1.94. The molecular formula is C17H13FN4OS. The van der Waals surface area contributed by atoms with Gasteiger partial charge in [-0.05, 0) is 35.9 Å². The Labute approximate surface area is 141 Å². The maximum absolute atomic E-state index is 12.9. The number of halogens is 1. The number of nitrogens with zero attached hydrogens (tertiary/aromatic N) is 3. The van der Waals surface area contributed by atoms with Gasteiger partial charge in [0.05, 0.1) is 5.69 Å². The van der Waals surface area contributed by atoms with Crippen LogP contribution in [0.15, 0.2) is 54.7 Å². The highest BCUT2D eigenvalue weighted by Crippen LogP contribution is 2.18. The third-order valence-electron chi connectivity index (χ3n) is 3.06. The smallest absolute Gasteiger partial charge is 0.250 e. The highest BCUT2D eigenvalue weighted by atomic mass is 32.1. The molecule has 0 radical (unpaired) electrons. The van der Waals surface area contributed by atoms with E-state index in [4.69, 9.17) is 0 Å². The molecule has 1 amide bonds. The first kappa shape index (κ1) is 15.9. The van der Waals surface area contributed by atoms with E-state index in [-0.39, 0.29) is 11.7 Å². The van der Waals surface area contributed by atoms with Gasteiger partial charge in [0.2, 0.25) is 11.0 Å². The van der Waals surface area contributed by atoms with Gasteiger partial charge in [0.1, 0.15) is 10.8 Å². The van der Waals surface area contributed by atoms with Crippen LogP contribution in [-0.2, 0) is 11.2 Å². The van der Waals surface area contributed by atoms with Crippen LogP contribution >= 0.6 is 11.3 Å². The topological polar surface area (TPSA) is 67.8 Å². The molecule has 0 unspecified atom stereocenters. The van der Waals surface area contributed by atoms with E-state index in [2.05, 4.69) is 20.5 Å². The van der Waals surface area contributed by atoms with Crippen molar-refractivity contribution in [2.45, 2.75) is 6.42 Å². The van der Waals surface area contributed by atoms with Gasteiger partial charge in [0, 0.05) is 18.7 Å². The molecule has 120 valence electrons. The van der Waals surface area contributed by atoms with Crippen molar-refractivity contribution < 1.29 is 9.18 Å². The van der Waals surface area contributed by atoms with E-state index in [1.54, 1.807) is 36.5 Å². The standard InChI is InChI=1S/C17H13FN4OS/c18-13-6-4-12(5-7-13)11-16-21-22-17(24-16)20-15(23)9-8-14-3-1-2-10-19-14/h1-10H,11H2,(H,20,22,23)/b9-8-. The number of anilines is 1. The molecule has 2 aromatic heterocycles. The van der Waals surface area contributed by atoms with Crippen LogP contribution in [-0.4, -0.2) is 21.1 Å². The number of hydrogen-bond donors (Lipinski definition) is 1. The van der Waals surface area contributed by atoms with Crippen LogP contribution in [0.1, 0.15) is 16.3 Å². The lowest BCUT2D eigenvalue weighted by atomic mass is 10.2. The Morgan fingerprint density at radius 1 is 1.17 bits per heavy atom. The highest BCUT2D eigenvalue weighted by molar-refractivity contribution is 7.15. The van der Waals surface area contributed by atoms with Crippen molar-refractivity contribution in [3.8, 4) is 0 Å². The zero-order valence-corrected chi connectivity index (χ0v) is 13.3. The van der Waals surface area contributed by atoms with Crippen molar-refractivity contribution in [1.29, 1.82) is 0 Å². The van der Waals surface area contributed by atoms with E-state index < -0.39 is 0 Å². The molecule has 7 heteroatoms. The Balaban J connectivity index is 1.58. The van der Waals surface area contributed by atoms with E-state index in [0.29, 0.717) is 17.2 Å². The molecular weight excluding hydrogens is 327 g/mol. The summed E-state index contributed by atoms with van der Waals surface area (Å²) in [7, 11) is 0. The Bertz CT molecular complexity index is 847. The SMILES string of the molecule is O=C(/C=C\c1ccccn1)Nc1nnc(Cc2ccc(F)cc2)s1. The summed E-state index contributed by atoms with van der Waals surface area (Å²) in [6, 6.07) is 11.7. The molecule has 0 fully saturated rings. The van der Waals surface area contributed by atoms with Crippen molar-refractivity contribution in [3.05, 3.63) is 76.8 Å². The van der Waals surface area contributed by atoms with Crippen LogP contribution < -0.4 is 5.32 Å². The Hall–Kier alpha value is -2.93. The lowest BCUT2D eigenvalue weighted by molar-refractivity contribution is -0.111. The van der Waals surface area contributed by atoms with Gasteiger partial charge in [-0.1, -0.05) is 29.5 Å². The van der Waals surface area contributed by atoms with Crippen molar-refractivity contribution in [1.82, 2.24) is 15.2 Å². The molecule has 0 saturated carbocycles.